The van der Waals surface area contributed by atoms with Crippen LogP contribution in [0.1, 0.15) is 11.1 Å². The SMILES string of the molecule is COc1cc(CC(=O)O)cc(OCc2ccccc2)c1. The number of benzene rings is 2. The van der Waals surface area contributed by atoms with Gasteiger partial charge in [0.1, 0.15) is 18.1 Å². The lowest BCUT2D eigenvalue weighted by molar-refractivity contribution is -0.136. The average molecular weight is 272 g/mol. The molecular weight excluding hydrogens is 256 g/mol. The van der Waals surface area contributed by atoms with E-state index in [1.54, 1.807) is 25.3 Å². The first-order valence-electron chi connectivity index (χ1n) is 6.24. The normalized spacial score (nSPS) is 10.1. The van der Waals surface area contributed by atoms with Crippen molar-refractivity contribution in [3.63, 3.8) is 0 Å². The Bertz CT molecular complexity index is 578. The van der Waals surface area contributed by atoms with Crippen molar-refractivity contribution in [1.29, 1.82) is 0 Å². The summed E-state index contributed by atoms with van der Waals surface area (Å²) in [5, 5.41) is 8.85. The average Bonchev–Trinajstić information content (AvgIpc) is 2.45. The molecule has 0 atom stereocenters. The molecule has 0 spiro atoms. The summed E-state index contributed by atoms with van der Waals surface area (Å²) in [7, 11) is 1.54. The standard InChI is InChI=1S/C16H16O4/c1-19-14-7-13(9-16(17)18)8-15(10-14)20-11-12-5-3-2-4-6-12/h2-8,10H,9,11H2,1H3,(H,17,18). The van der Waals surface area contributed by atoms with Gasteiger partial charge in [-0.15, -0.1) is 0 Å². The molecule has 2 rings (SSSR count). The number of carboxylic acids is 1. The minimum atomic E-state index is -0.882. The maximum absolute atomic E-state index is 10.8. The van der Waals surface area contributed by atoms with Crippen LogP contribution in [-0.2, 0) is 17.8 Å². The molecule has 0 radical (unpaired) electrons. The first-order chi connectivity index (χ1) is 9.67. The summed E-state index contributed by atoms with van der Waals surface area (Å²) in [6.07, 6.45) is -0.0566. The second-order valence-corrected chi connectivity index (χ2v) is 4.36. The van der Waals surface area contributed by atoms with Crippen LogP contribution in [0.15, 0.2) is 48.5 Å². The number of rotatable bonds is 6. The van der Waals surface area contributed by atoms with Crippen LogP contribution in [0.4, 0.5) is 0 Å². The zero-order chi connectivity index (χ0) is 14.4. The van der Waals surface area contributed by atoms with Crippen LogP contribution >= 0.6 is 0 Å². The molecule has 0 saturated heterocycles. The van der Waals surface area contributed by atoms with Gasteiger partial charge in [-0.25, -0.2) is 0 Å². The largest absolute Gasteiger partial charge is 0.497 e. The van der Waals surface area contributed by atoms with E-state index in [-0.39, 0.29) is 6.42 Å². The molecule has 0 aliphatic carbocycles. The number of carbonyl (C=O) groups is 1. The van der Waals surface area contributed by atoms with Gasteiger partial charge < -0.3 is 14.6 Å². The van der Waals surface area contributed by atoms with Crippen LogP contribution in [0, 0.1) is 0 Å². The predicted octanol–water partition coefficient (Wildman–Crippen LogP) is 2.90. The van der Waals surface area contributed by atoms with Gasteiger partial charge in [0.25, 0.3) is 0 Å². The summed E-state index contributed by atoms with van der Waals surface area (Å²) in [6.45, 7) is 0.431. The van der Waals surface area contributed by atoms with Gasteiger partial charge in [-0.2, -0.15) is 0 Å². The van der Waals surface area contributed by atoms with Gasteiger partial charge in [-0.1, -0.05) is 30.3 Å². The molecule has 4 nitrogen and oxygen atoms in total. The van der Waals surface area contributed by atoms with Gasteiger partial charge in [0.15, 0.2) is 0 Å². The van der Waals surface area contributed by atoms with Crippen LogP contribution < -0.4 is 9.47 Å². The highest BCUT2D eigenvalue weighted by Crippen LogP contribution is 2.24. The highest BCUT2D eigenvalue weighted by molar-refractivity contribution is 5.70. The third-order valence-electron chi connectivity index (χ3n) is 2.78. The van der Waals surface area contributed by atoms with Crippen molar-refractivity contribution in [2.45, 2.75) is 13.0 Å². The predicted molar refractivity (Wildman–Crippen MR) is 75.1 cm³/mol. The summed E-state index contributed by atoms with van der Waals surface area (Å²) < 4.78 is 10.8. The summed E-state index contributed by atoms with van der Waals surface area (Å²) in [6, 6.07) is 14.9. The number of methoxy groups -OCH3 is 1. The van der Waals surface area contributed by atoms with Crippen LogP contribution in [0.25, 0.3) is 0 Å². The molecule has 0 amide bonds. The van der Waals surface area contributed by atoms with Crippen LogP contribution in [0.2, 0.25) is 0 Å². The maximum Gasteiger partial charge on any atom is 0.307 e. The van der Waals surface area contributed by atoms with Gasteiger partial charge in [-0.3, -0.25) is 4.79 Å². The molecule has 20 heavy (non-hydrogen) atoms. The summed E-state index contributed by atoms with van der Waals surface area (Å²) in [5.74, 6) is 0.309. The Balaban J connectivity index is 2.12. The van der Waals surface area contributed by atoms with Gasteiger partial charge in [0.05, 0.1) is 13.5 Å². The maximum atomic E-state index is 10.8. The van der Waals surface area contributed by atoms with E-state index >= 15 is 0 Å². The van der Waals surface area contributed by atoms with E-state index in [0.717, 1.165) is 5.56 Å². The van der Waals surface area contributed by atoms with E-state index < -0.39 is 5.97 Å². The second kappa shape index (κ2) is 6.61. The molecular formula is C16H16O4. The van der Waals surface area contributed by atoms with Crippen molar-refractivity contribution in [3.8, 4) is 11.5 Å². The molecule has 0 aromatic heterocycles. The minimum absolute atomic E-state index is 0.0566. The van der Waals surface area contributed by atoms with Crippen LogP contribution in [0.3, 0.4) is 0 Å². The molecule has 0 aliphatic rings. The Morgan fingerprint density at radius 2 is 1.75 bits per heavy atom. The molecule has 2 aromatic rings. The van der Waals surface area contributed by atoms with Crippen molar-refractivity contribution in [2.75, 3.05) is 7.11 Å². The van der Waals surface area contributed by atoms with E-state index in [1.165, 1.54) is 0 Å². The fourth-order valence-corrected chi connectivity index (χ4v) is 1.85. The third-order valence-corrected chi connectivity index (χ3v) is 2.78. The van der Waals surface area contributed by atoms with Gasteiger partial charge in [-0.05, 0) is 23.3 Å². The quantitative estimate of drug-likeness (QED) is 0.878. The van der Waals surface area contributed by atoms with Gasteiger partial charge in [0, 0.05) is 6.07 Å². The van der Waals surface area contributed by atoms with E-state index in [9.17, 15) is 4.79 Å². The van der Waals surface area contributed by atoms with Crippen molar-refractivity contribution >= 4 is 5.97 Å². The van der Waals surface area contributed by atoms with Crippen molar-refractivity contribution in [3.05, 3.63) is 59.7 Å². The number of aliphatic carboxylic acids is 1. The van der Waals surface area contributed by atoms with Crippen molar-refractivity contribution in [2.24, 2.45) is 0 Å². The zero-order valence-corrected chi connectivity index (χ0v) is 11.2. The van der Waals surface area contributed by atoms with E-state index in [4.69, 9.17) is 14.6 Å². The minimum Gasteiger partial charge on any atom is -0.497 e. The Labute approximate surface area is 117 Å². The lowest BCUT2D eigenvalue weighted by Crippen LogP contribution is -2.02. The van der Waals surface area contributed by atoms with Crippen molar-refractivity contribution in [1.82, 2.24) is 0 Å². The van der Waals surface area contributed by atoms with Gasteiger partial charge >= 0.3 is 5.97 Å². The van der Waals surface area contributed by atoms with Crippen LogP contribution in [-0.4, -0.2) is 18.2 Å². The molecule has 0 unspecified atom stereocenters. The Kier molecular flexibility index (Phi) is 4.60. The summed E-state index contributed by atoms with van der Waals surface area (Å²) in [4.78, 5) is 10.8. The topological polar surface area (TPSA) is 55.8 Å². The summed E-state index contributed by atoms with van der Waals surface area (Å²) >= 11 is 0. The summed E-state index contributed by atoms with van der Waals surface area (Å²) in [5.41, 5.74) is 1.70. The monoisotopic (exact) mass is 272 g/mol. The smallest absolute Gasteiger partial charge is 0.307 e. The zero-order valence-electron chi connectivity index (χ0n) is 11.2. The highest BCUT2D eigenvalue weighted by Gasteiger charge is 2.06. The molecule has 0 heterocycles. The number of carboxylic acid groups (broad SMARTS) is 1. The molecule has 0 bridgehead atoms. The van der Waals surface area contributed by atoms with Crippen molar-refractivity contribution < 1.29 is 19.4 Å². The molecule has 4 heteroatoms. The Morgan fingerprint density at radius 3 is 2.40 bits per heavy atom. The molecule has 1 N–H and O–H groups in total. The van der Waals surface area contributed by atoms with E-state index in [1.807, 2.05) is 30.3 Å². The highest BCUT2D eigenvalue weighted by atomic mass is 16.5. The fourth-order valence-electron chi connectivity index (χ4n) is 1.85. The number of hydrogen-bond donors (Lipinski definition) is 1. The molecule has 0 saturated carbocycles. The first-order valence-corrected chi connectivity index (χ1v) is 6.24. The number of ether oxygens (including phenoxy) is 2. The Morgan fingerprint density at radius 1 is 1.05 bits per heavy atom. The molecule has 0 fully saturated rings. The molecule has 0 aliphatic heterocycles. The molecule has 2 aromatic carbocycles. The van der Waals surface area contributed by atoms with E-state index in [2.05, 4.69) is 0 Å². The third kappa shape index (κ3) is 4.02. The lowest BCUT2D eigenvalue weighted by Gasteiger charge is -2.10. The fraction of sp³-hybridized carbons (Fsp3) is 0.188. The first kappa shape index (κ1) is 13.9. The lowest BCUT2D eigenvalue weighted by atomic mass is 10.1. The number of hydrogen-bond acceptors (Lipinski definition) is 3. The van der Waals surface area contributed by atoms with Gasteiger partial charge in [0.2, 0.25) is 0 Å². The van der Waals surface area contributed by atoms with E-state index in [0.29, 0.717) is 23.7 Å². The second-order valence-electron chi connectivity index (χ2n) is 4.36. The molecule has 104 valence electrons. The Hall–Kier alpha value is -2.49. The van der Waals surface area contributed by atoms with Crippen LogP contribution in [0.5, 0.6) is 11.5 Å².